The van der Waals surface area contributed by atoms with Gasteiger partial charge < -0.3 is 4.90 Å². The van der Waals surface area contributed by atoms with Crippen LogP contribution in [0, 0.1) is 0 Å². The Morgan fingerprint density at radius 2 is 1.75 bits per heavy atom. The van der Waals surface area contributed by atoms with Crippen LogP contribution in [0.4, 0.5) is 5.69 Å². The van der Waals surface area contributed by atoms with Crippen LogP contribution in [0.15, 0.2) is 83.3 Å². The zero-order chi connectivity index (χ0) is 19.1. The molecule has 0 spiro atoms. The van der Waals surface area contributed by atoms with E-state index < -0.39 is 0 Å². The maximum Gasteiger partial charge on any atom is 0.259 e. The lowest BCUT2D eigenvalue weighted by Gasteiger charge is -2.19. The number of anilines is 1. The van der Waals surface area contributed by atoms with Gasteiger partial charge >= 0.3 is 0 Å². The van der Waals surface area contributed by atoms with E-state index in [2.05, 4.69) is 22.0 Å². The second-order valence-electron chi connectivity index (χ2n) is 6.92. The first-order valence-electron chi connectivity index (χ1n) is 9.26. The van der Waals surface area contributed by atoms with Crippen LogP contribution in [-0.4, -0.2) is 17.4 Å². The fourth-order valence-corrected chi connectivity index (χ4v) is 4.24. The van der Waals surface area contributed by atoms with Gasteiger partial charge in [-0.2, -0.15) is 0 Å². The zero-order valence-electron chi connectivity index (χ0n) is 15.1. The molecule has 5 rings (SSSR count). The molecule has 0 saturated carbocycles. The fourth-order valence-electron chi connectivity index (χ4n) is 3.84. The zero-order valence-corrected chi connectivity index (χ0v) is 16.7. The largest absolute Gasteiger partial charge is 0.308 e. The van der Waals surface area contributed by atoms with E-state index in [0.717, 1.165) is 38.7 Å². The summed E-state index contributed by atoms with van der Waals surface area (Å²) in [4.78, 5) is 20.3. The first-order chi connectivity index (χ1) is 13.7. The molecule has 0 saturated heterocycles. The van der Waals surface area contributed by atoms with Gasteiger partial charge in [0.1, 0.15) is 0 Å². The molecule has 1 aliphatic rings. The Morgan fingerprint density at radius 3 is 2.64 bits per heavy atom. The molecule has 0 atom stereocenters. The Labute approximate surface area is 171 Å². The fraction of sp³-hybridized carbons (Fsp3) is 0.0833. The molecular weight excluding hydrogens is 412 g/mol. The number of halogens is 1. The van der Waals surface area contributed by atoms with Crippen molar-refractivity contribution >= 4 is 38.4 Å². The van der Waals surface area contributed by atoms with Crippen LogP contribution in [0.1, 0.15) is 15.9 Å². The Balaban J connectivity index is 1.67. The standard InChI is InChI=1S/C24H17BrN2O/c25-18-8-5-7-17(14-18)22-15-20(19-9-2-3-10-21(19)26-22)24(28)27-13-12-16-6-1-4-11-23(16)27/h1-11,14-15H,12-13H2. The van der Waals surface area contributed by atoms with Crippen molar-refractivity contribution < 1.29 is 4.79 Å². The average Bonchev–Trinajstić information content (AvgIpc) is 3.16. The molecular formula is C24H17BrN2O. The minimum Gasteiger partial charge on any atom is -0.308 e. The molecule has 3 nitrogen and oxygen atoms in total. The monoisotopic (exact) mass is 428 g/mol. The number of amides is 1. The maximum atomic E-state index is 13.6. The third kappa shape index (κ3) is 2.90. The molecule has 0 bridgehead atoms. The lowest BCUT2D eigenvalue weighted by atomic mass is 10.0. The molecule has 2 heterocycles. The highest BCUT2D eigenvalue weighted by atomic mass is 79.9. The third-order valence-electron chi connectivity index (χ3n) is 5.20. The number of nitrogens with zero attached hydrogens (tertiary/aromatic N) is 2. The molecule has 4 aromatic rings. The summed E-state index contributed by atoms with van der Waals surface area (Å²) < 4.78 is 0.987. The number of para-hydroxylation sites is 2. The minimum atomic E-state index is 0.0276. The van der Waals surface area contributed by atoms with Crippen molar-refractivity contribution in [3.8, 4) is 11.3 Å². The van der Waals surface area contributed by atoms with Crippen LogP contribution in [0.2, 0.25) is 0 Å². The van der Waals surface area contributed by atoms with Gasteiger partial charge in [-0.3, -0.25) is 4.79 Å². The highest BCUT2D eigenvalue weighted by molar-refractivity contribution is 9.10. The first kappa shape index (κ1) is 17.1. The summed E-state index contributed by atoms with van der Waals surface area (Å²) in [6.45, 7) is 0.709. The normalized spacial score (nSPS) is 13.0. The molecule has 0 unspecified atom stereocenters. The number of fused-ring (bicyclic) bond motifs is 2. The van der Waals surface area contributed by atoms with Gasteiger partial charge in [0.05, 0.1) is 16.8 Å². The number of rotatable bonds is 2. The summed E-state index contributed by atoms with van der Waals surface area (Å²) in [6.07, 6.45) is 0.892. The van der Waals surface area contributed by atoms with Gasteiger partial charge in [-0.15, -0.1) is 0 Å². The van der Waals surface area contributed by atoms with Crippen LogP contribution in [0.5, 0.6) is 0 Å². The van der Waals surface area contributed by atoms with E-state index >= 15 is 0 Å². The quantitative estimate of drug-likeness (QED) is 0.400. The van der Waals surface area contributed by atoms with Crippen molar-refractivity contribution in [3.05, 3.63) is 94.5 Å². The highest BCUT2D eigenvalue weighted by Crippen LogP contribution is 2.32. The first-order valence-corrected chi connectivity index (χ1v) is 10.1. The van der Waals surface area contributed by atoms with Gasteiger partial charge in [-0.05, 0) is 42.3 Å². The van der Waals surface area contributed by atoms with Gasteiger partial charge in [0, 0.05) is 27.7 Å². The smallest absolute Gasteiger partial charge is 0.259 e. The summed E-state index contributed by atoms with van der Waals surface area (Å²) in [5.74, 6) is 0.0276. The van der Waals surface area contributed by atoms with E-state index in [4.69, 9.17) is 4.98 Å². The molecule has 0 aliphatic carbocycles. The van der Waals surface area contributed by atoms with E-state index in [0.29, 0.717) is 12.1 Å². The van der Waals surface area contributed by atoms with Gasteiger partial charge in [0.25, 0.3) is 5.91 Å². The summed E-state index contributed by atoms with van der Waals surface area (Å²) >= 11 is 3.53. The number of carbonyl (C=O) groups is 1. The molecule has 4 heteroatoms. The summed E-state index contributed by atoms with van der Waals surface area (Å²) in [5, 5.41) is 0.885. The predicted octanol–water partition coefficient (Wildman–Crippen LogP) is 5.87. The van der Waals surface area contributed by atoms with Gasteiger partial charge in [0.2, 0.25) is 0 Å². The topological polar surface area (TPSA) is 33.2 Å². The van der Waals surface area contributed by atoms with Gasteiger partial charge in [0.15, 0.2) is 0 Å². The van der Waals surface area contributed by atoms with E-state index in [1.807, 2.05) is 77.7 Å². The number of hydrogen-bond donors (Lipinski definition) is 0. The predicted molar refractivity (Wildman–Crippen MR) is 117 cm³/mol. The molecule has 1 aliphatic heterocycles. The molecule has 0 N–H and O–H groups in total. The second-order valence-corrected chi connectivity index (χ2v) is 7.83. The summed E-state index contributed by atoms with van der Waals surface area (Å²) in [6, 6.07) is 25.9. The maximum absolute atomic E-state index is 13.6. The van der Waals surface area contributed by atoms with Crippen molar-refractivity contribution in [1.82, 2.24) is 4.98 Å². The van der Waals surface area contributed by atoms with E-state index in [1.54, 1.807) is 0 Å². The highest BCUT2D eigenvalue weighted by Gasteiger charge is 2.27. The molecule has 28 heavy (non-hydrogen) atoms. The molecule has 0 fully saturated rings. The van der Waals surface area contributed by atoms with Crippen LogP contribution in [0.3, 0.4) is 0 Å². The lowest BCUT2D eigenvalue weighted by Crippen LogP contribution is -2.29. The number of benzene rings is 3. The van der Waals surface area contributed by atoms with Crippen LogP contribution in [0.25, 0.3) is 22.2 Å². The van der Waals surface area contributed by atoms with Crippen molar-refractivity contribution in [2.45, 2.75) is 6.42 Å². The Bertz CT molecular complexity index is 1220. The van der Waals surface area contributed by atoms with Crippen molar-refractivity contribution in [1.29, 1.82) is 0 Å². The van der Waals surface area contributed by atoms with Crippen LogP contribution >= 0.6 is 15.9 Å². The SMILES string of the molecule is O=C(c1cc(-c2cccc(Br)c2)nc2ccccc12)N1CCc2ccccc21. The van der Waals surface area contributed by atoms with Crippen molar-refractivity contribution in [3.63, 3.8) is 0 Å². The van der Waals surface area contributed by atoms with Crippen LogP contribution in [-0.2, 0) is 6.42 Å². The van der Waals surface area contributed by atoms with E-state index in [1.165, 1.54) is 5.56 Å². The number of carbonyl (C=O) groups excluding carboxylic acids is 1. The summed E-state index contributed by atoms with van der Waals surface area (Å²) in [7, 11) is 0. The number of pyridine rings is 1. The molecule has 1 amide bonds. The lowest BCUT2D eigenvalue weighted by molar-refractivity contribution is 0.0991. The van der Waals surface area contributed by atoms with Gasteiger partial charge in [-0.1, -0.05) is 64.5 Å². The van der Waals surface area contributed by atoms with E-state index in [9.17, 15) is 4.79 Å². The molecule has 3 aromatic carbocycles. The number of hydrogen-bond acceptors (Lipinski definition) is 2. The van der Waals surface area contributed by atoms with Crippen molar-refractivity contribution in [2.24, 2.45) is 0 Å². The van der Waals surface area contributed by atoms with Gasteiger partial charge in [-0.25, -0.2) is 4.98 Å². The molecule has 1 aromatic heterocycles. The Morgan fingerprint density at radius 1 is 0.929 bits per heavy atom. The summed E-state index contributed by atoms with van der Waals surface area (Å²) in [5.41, 5.74) is 5.54. The molecule has 0 radical (unpaired) electrons. The third-order valence-corrected chi connectivity index (χ3v) is 5.69. The number of aromatic nitrogens is 1. The van der Waals surface area contributed by atoms with Crippen LogP contribution < -0.4 is 4.90 Å². The Kier molecular flexibility index (Phi) is 4.21. The minimum absolute atomic E-state index is 0.0276. The molecule has 136 valence electrons. The van der Waals surface area contributed by atoms with Crippen molar-refractivity contribution in [2.75, 3.05) is 11.4 Å². The Hall–Kier alpha value is -2.98. The van der Waals surface area contributed by atoms with E-state index in [-0.39, 0.29) is 5.91 Å². The average molecular weight is 429 g/mol. The second kappa shape index (κ2) is 6.88.